The molecule has 21 heavy (non-hydrogen) atoms. The highest BCUT2D eigenvalue weighted by Gasteiger charge is 2.26. The average Bonchev–Trinajstić information content (AvgIpc) is 2.47. The minimum Gasteiger partial charge on any atom is -0.355 e. The molecule has 118 valence electrons. The van der Waals surface area contributed by atoms with Gasteiger partial charge in [-0.1, -0.05) is 38.1 Å². The lowest BCUT2D eigenvalue weighted by atomic mass is 9.81. The maximum absolute atomic E-state index is 12.0. The molecule has 2 rings (SSSR count). The van der Waals surface area contributed by atoms with Gasteiger partial charge in [0, 0.05) is 6.54 Å². The predicted octanol–water partition coefficient (Wildman–Crippen LogP) is 2.72. The summed E-state index contributed by atoms with van der Waals surface area (Å²) in [4.78, 5) is 12.0. The van der Waals surface area contributed by atoms with Crippen LogP contribution in [0.2, 0.25) is 0 Å². The van der Waals surface area contributed by atoms with Crippen LogP contribution in [0.3, 0.4) is 0 Å². The van der Waals surface area contributed by atoms with Crippen molar-refractivity contribution in [2.75, 3.05) is 19.6 Å². The zero-order valence-electron chi connectivity index (χ0n) is 13.1. The first kappa shape index (κ1) is 18.0. The van der Waals surface area contributed by atoms with Crippen LogP contribution < -0.4 is 10.6 Å². The standard InChI is InChI=1S/C17H26N2O.ClH/c1-3-14-4-6-15(7-5-14)12-16(20)19-13-17(2)8-10-18-11-9-17;/h4-7,18H,3,8-13H2,1-2H3,(H,19,20);1H. The van der Waals surface area contributed by atoms with Gasteiger partial charge in [-0.05, 0) is 48.9 Å². The number of nitrogens with one attached hydrogen (secondary N) is 2. The molecule has 1 aliphatic rings. The number of hydrogen-bond donors (Lipinski definition) is 2. The Morgan fingerprint density at radius 1 is 1.19 bits per heavy atom. The van der Waals surface area contributed by atoms with E-state index in [2.05, 4.69) is 48.7 Å². The third-order valence-electron chi connectivity index (χ3n) is 4.32. The SMILES string of the molecule is CCc1ccc(CC(=O)NCC2(C)CCNCC2)cc1.Cl. The van der Waals surface area contributed by atoms with E-state index in [0.29, 0.717) is 6.42 Å². The molecule has 0 radical (unpaired) electrons. The van der Waals surface area contributed by atoms with E-state index in [-0.39, 0.29) is 23.7 Å². The van der Waals surface area contributed by atoms with Crippen molar-refractivity contribution in [2.45, 2.75) is 39.5 Å². The van der Waals surface area contributed by atoms with Crippen molar-refractivity contribution < 1.29 is 4.79 Å². The summed E-state index contributed by atoms with van der Waals surface area (Å²) in [5.41, 5.74) is 2.67. The molecule has 1 aromatic rings. The number of hydrogen-bond acceptors (Lipinski definition) is 2. The Labute approximate surface area is 134 Å². The number of aryl methyl sites for hydroxylation is 1. The van der Waals surface area contributed by atoms with Crippen molar-refractivity contribution in [2.24, 2.45) is 5.41 Å². The van der Waals surface area contributed by atoms with Gasteiger partial charge >= 0.3 is 0 Å². The lowest BCUT2D eigenvalue weighted by molar-refractivity contribution is -0.121. The van der Waals surface area contributed by atoms with Crippen LogP contribution in [0.25, 0.3) is 0 Å². The lowest BCUT2D eigenvalue weighted by Crippen LogP contribution is -2.43. The van der Waals surface area contributed by atoms with Gasteiger partial charge < -0.3 is 10.6 Å². The van der Waals surface area contributed by atoms with Gasteiger partial charge in [-0.15, -0.1) is 12.4 Å². The molecule has 0 bridgehead atoms. The third-order valence-corrected chi connectivity index (χ3v) is 4.32. The van der Waals surface area contributed by atoms with Crippen molar-refractivity contribution in [1.82, 2.24) is 10.6 Å². The molecule has 1 aromatic carbocycles. The third kappa shape index (κ3) is 5.68. The normalized spacial score (nSPS) is 16.9. The number of amides is 1. The van der Waals surface area contributed by atoms with E-state index in [1.165, 1.54) is 5.56 Å². The first-order valence-corrected chi connectivity index (χ1v) is 7.66. The van der Waals surface area contributed by atoms with Gasteiger partial charge in [0.05, 0.1) is 6.42 Å². The molecule has 1 aliphatic heterocycles. The van der Waals surface area contributed by atoms with Crippen LogP contribution in [0.4, 0.5) is 0 Å². The van der Waals surface area contributed by atoms with Gasteiger partial charge in [-0.25, -0.2) is 0 Å². The van der Waals surface area contributed by atoms with Crippen LogP contribution >= 0.6 is 12.4 Å². The molecular weight excluding hydrogens is 284 g/mol. The van der Waals surface area contributed by atoms with E-state index >= 15 is 0 Å². The summed E-state index contributed by atoms with van der Waals surface area (Å²) >= 11 is 0. The summed E-state index contributed by atoms with van der Waals surface area (Å²) in [6, 6.07) is 8.34. The van der Waals surface area contributed by atoms with E-state index in [0.717, 1.165) is 44.5 Å². The van der Waals surface area contributed by atoms with Gasteiger partial charge in [0.2, 0.25) is 5.91 Å². The van der Waals surface area contributed by atoms with Crippen LogP contribution in [-0.2, 0) is 17.6 Å². The fourth-order valence-electron chi connectivity index (χ4n) is 2.66. The highest BCUT2D eigenvalue weighted by Crippen LogP contribution is 2.26. The monoisotopic (exact) mass is 310 g/mol. The highest BCUT2D eigenvalue weighted by atomic mass is 35.5. The number of carbonyl (C=O) groups excluding carboxylic acids is 1. The molecule has 1 saturated heterocycles. The molecule has 0 atom stereocenters. The number of benzene rings is 1. The van der Waals surface area contributed by atoms with Gasteiger partial charge in [-0.2, -0.15) is 0 Å². The second-order valence-electron chi connectivity index (χ2n) is 6.18. The molecule has 1 heterocycles. The largest absolute Gasteiger partial charge is 0.355 e. The molecule has 4 heteroatoms. The predicted molar refractivity (Wildman–Crippen MR) is 90.0 cm³/mol. The summed E-state index contributed by atoms with van der Waals surface area (Å²) in [6.07, 6.45) is 3.80. The van der Waals surface area contributed by atoms with Gasteiger partial charge in [0.15, 0.2) is 0 Å². The molecule has 0 aliphatic carbocycles. The molecule has 1 fully saturated rings. The van der Waals surface area contributed by atoms with E-state index in [1.807, 2.05) is 0 Å². The van der Waals surface area contributed by atoms with Crippen LogP contribution in [-0.4, -0.2) is 25.5 Å². The molecule has 0 aromatic heterocycles. The second kappa shape index (κ2) is 8.40. The minimum atomic E-state index is 0. The van der Waals surface area contributed by atoms with Crippen LogP contribution in [0, 0.1) is 5.41 Å². The van der Waals surface area contributed by atoms with E-state index < -0.39 is 0 Å². The van der Waals surface area contributed by atoms with Crippen molar-refractivity contribution in [1.29, 1.82) is 0 Å². The van der Waals surface area contributed by atoms with Crippen molar-refractivity contribution >= 4 is 18.3 Å². The Balaban J connectivity index is 0.00000220. The fourth-order valence-corrected chi connectivity index (χ4v) is 2.66. The second-order valence-corrected chi connectivity index (χ2v) is 6.18. The van der Waals surface area contributed by atoms with Gasteiger partial charge in [0.25, 0.3) is 0 Å². The maximum Gasteiger partial charge on any atom is 0.224 e. The molecule has 3 nitrogen and oxygen atoms in total. The minimum absolute atomic E-state index is 0. The smallest absolute Gasteiger partial charge is 0.224 e. The van der Waals surface area contributed by atoms with Crippen LogP contribution in [0.5, 0.6) is 0 Å². The number of piperidine rings is 1. The Morgan fingerprint density at radius 3 is 2.33 bits per heavy atom. The van der Waals surface area contributed by atoms with Gasteiger partial charge in [0.1, 0.15) is 0 Å². The van der Waals surface area contributed by atoms with Crippen LogP contribution in [0.1, 0.15) is 37.8 Å². The Hall–Kier alpha value is -1.06. The zero-order valence-corrected chi connectivity index (χ0v) is 13.9. The van der Waals surface area contributed by atoms with E-state index in [1.54, 1.807) is 0 Å². The molecular formula is C17H27ClN2O. The maximum atomic E-state index is 12.0. The Bertz CT molecular complexity index is 439. The Morgan fingerprint density at radius 2 is 1.76 bits per heavy atom. The lowest BCUT2D eigenvalue weighted by Gasteiger charge is -2.34. The topological polar surface area (TPSA) is 41.1 Å². The zero-order chi connectivity index (χ0) is 14.4. The molecule has 2 N–H and O–H groups in total. The first-order chi connectivity index (χ1) is 9.61. The van der Waals surface area contributed by atoms with Crippen LogP contribution in [0.15, 0.2) is 24.3 Å². The summed E-state index contributed by atoms with van der Waals surface area (Å²) in [7, 11) is 0. The molecule has 0 spiro atoms. The number of halogens is 1. The molecule has 0 saturated carbocycles. The molecule has 0 unspecified atom stereocenters. The van der Waals surface area contributed by atoms with E-state index in [9.17, 15) is 4.79 Å². The quantitative estimate of drug-likeness (QED) is 0.878. The highest BCUT2D eigenvalue weighted by molar-refractivity contribution is 5.85. The summed E-state index contributed by atoms with van der Waals surface area (Å²) in [5, 5.41) is 6.47. The van der Waals surface area contributed by atoms with Crippen molar-refractivity contribution in [3.63, 3.8) is 0 Å². The van der Waals surface area contributed by atoms with Crippen molar-refractivity contribution in [3.8, 4) is 0 Å². The number of rotatable bonds is 5. The molecule has 1 amide bonds. The average molecular weight is 311 g/mol. The summed E-state index contributed by atoms with van der Waals surface area (Å²) in [6.45, 7) is 7.32. The summed E-state index contributed by atoms with van der Waals surface area (Å²) in [5.74, 6) is 0.133. The fraction of sp³-hybridized carbons (Fsp3) is 0.588. The van der Waals surface area contributed by atoms with Crippen molar-refractivity contribution in [3.05, 3.63) is 35.4 Å². The first-order valence-electron chi connectivity index (χ1n) is 7.66. The number of carbonyl (C=O) groups is 1. The summed E-state index contributed by atoms with van der Waals surface area (Å²) < 4.78 is 0. The van der Waals surface area contributed by atoms with Gasteiger partial charge in [-0.3, -0.25) is 4.79 Å². The van der Waals surface area contributed by atoms with E-state index in [4.69, 9.17) is 0 Å². The Kier molecular flexibility index (Phi) is 7.20.